The van der Waals surface area contributed by atoms with Crippen molar-refractivity contribution in [3.63, 3.8) is 0 Å². The zero-order chi connectivity index (χ0) is 14.0. The highest BCUT2D eigenvalue weighted by atomic mass is 16.3. The van der Waals surface area contributed by atoms with Gasteiger partial charge >= 0.3 is 0 Å². The second-order valence-corrected chi connectivity index (χ2v) is 5.03. The Balaban J connectivity index is 1.94. The van der Waals surface area contributed by atoms with Crippen molar-refractivity contribution in [1.29, 1.82) is 0 Å². The molecule has 1 aromatic heterocycles. The Labute approximate surface area is 118 Å². The molecular weight excluding hydrogens is 248 g/mol. The molecule has 20 heavy (non-hydrogen) atoms. The van der Waals surface area contributed by atoms with Crippen LogP contribution in [0.15, 0.2) is 77.6 Å². The van der Waals surface area contributed by atoms with Gasteiger partial charge in [0.2, 0.25) is 0 Å². The molecule has 0 spiro atoms. The average Bonchev–Trinajstić information content (AvgIpc) is 3.03. The van der Waals surface area contributed by atoms with Crippen LogP contribution in [0.2, 0.25) is 0 Å². The summed E-state index contributed by atoms with van der Waals surface area (Å²) in [5.74, 6) is 0. The van der Waals surface area contributed by atoms with Crippen molar-refractivity contribution in [2.75, 3.05) is 0 Å². The minimum atomic E-state index is -1.04. The monoisotopic (exact) mass is 264 g/mol. The summed E-state index contributed by atoms with van der Waals surface area (Å²) in [6, 6.07) is 19.9. The van der Waals surface area contributed by atoms with Crippen LogP contribution in [0.1, 0.15) is 18.1 Å². The molecule has 1 N–H and O–H groups in total. The maximum absolute atomic E-state index is 10.6. The highest BCUT2D eigenvalue weighted by Gasteiger charge is 2.26. The van der Waals surface area contributed by atoms with Crippen molar-refractivity contribution >= 4 is 0 Å². The molecule has 0 bridgehead atoms. The second-order valence-electron chi connectivity index (χ2n) is 5.03. The van der Waals surface area contributed by atoms with Gasteiger partial charge in [0.15, 0.2) is 0 Å². The predicted molar refractivity (Wildman–Crippen MR) is 79.3 cm³/mol. The van der Waals surface area contributed by atoms with Crippen LogP contribution in [0.3, 0.4) is 0 Å². The number of furan rings is 1. The van der Waals surface area contributed by atoms with Crippen LogP contribution in [0.25, 0.3) is 11.1 Å². The van der Waals surface area contributed by atoms with E-state index < -0.39 is 5.60 Å². The van der Waals surface area contributed by atoms with Crippen LogP contribution in [0.4, 0.5) is 0 Å². The molecule has 0 saturated heterocycles. The lowest BCUT2D eigenvalue weighted by Crippen LogP contribution is -2.21. The first kappa shape index (κ1) is 12.7. The van der Waals surface area contributed by atoms with Crippen LogP contribution in [0, 0.1) is 0 Å². The standard InChI is InChI=1S/C18H16O2/c1-18(19,17-11-12-20-13-17)16-9-7-15(8-10-16)14-5-3-2-4-6-14/h2-13,19H,1H3. The summed E-state index contributed by atoms with van der Waals surface area (Å²) in [6.07, 6.45) is 3.15. The molecule has 0 radical (unpaired) electrons. The molecule has 3 rings (SSSR count). The fraction of sp³-hybridized carbons (Fsp3) is 0.111. The van der Waals surface area contributed by atoms with E-state index in [2.05, 4.69) is 12.1 Å². The first-order chi connectivity index (χ1) is 9.68. The SMILES string of the molecule is CC(O)(c1ccc(-c2ccccc2)cc1)c1ccoc1. The molecule has 1 unspecified atom stereocenters. The molecule has 2 heteroatoms. The Morgan fingerprint density at radius 1 is 0.800 bits per heavy atom. The lowest BCUT2D eigenvalue weighted by atomic mass is 9.89. The summed E-state index contributed by atoms with van der Waals surface area (Å²) in [5, 5.41) is 10.6. The molecule has 0 amide bonds. The van der Waals surface area contributed by atoms with Gasteiger partial charge in [-0.25, -0.2) is 0 Å². The summed E-state index contributed by atoms with van der Waals surface area (Å²) in [5.41, 5.74) is 2.87. The van der Waals surface area contributed by atoms with E-state index in [0.717, 1.165) is 16.7 Å². The lowest BCUT2D eigenvalue weighted by molar-refractivity contribution is 0.101. The van der Waals surface area contributed by atoms with Crippen molar-refractivity contribution in [2.45, 2.75) is 12.5 Å². The van der Waals surface area contributed by atoms with E-state index in [1.54, 1.807) is 25.5 Å². The number of rotatable bonds is 3. The van der Waals surface area contributed by atoms with Crippen molar-refractivity contribution in [1.82, 2.24) is 0 Å². The number of benzene rings is 2. The van der Waals surface area contributed by atoms with Crippen molar-refractivity contribution in [3.05, 3.63) is 84.3 Å². The van der Waals surface area contributed by atoms with Crippen LogP contribution >= 0.6 is 0 Å². The molecule has 0 aliphatic rings. The van der Waals surface area contributed by atoms with E-state index in [4.69, 9.17) is 4.42 Å². The first-order valence-electron chi connectivity index (χ1n) is 6.59. The van der Waals surface area contributed by atoms with Gasteiger partial charge in [0, 0.05) is 5.56 Å². The number of hydrogen-bond donors (Lipinski definition) is 1. The Hall–Kier alpha value is -2.32. The molecule has 2 aromatic carbocycles. The summed E-state index contributed by atoms with van der Waals surface area (Å²) >= 11 is 0. The van der Waals surface area contributed by atoms with Gasteiger partial charge in [-0.3, -0.25) is 0 Å². The predicted octanol–water partition coefficient (Wildman–Crippen LogP) is 4.20. The number of hydrogen-bond acceptors (Lipinski definition) is 2. The molecule has 1 atom stereocenters. The van der Waals surface area contributed by atoms with Crippen LogP contribution in [-0.4, -0.2) is 5.11 Å². The van der Waals surface area contributed by atoms with Gasteiger partial charge in [0.25, 0.3) is 0 Å². The van der Waals surface area contributed by atoms with Gasteiger partial charge in [0.1, 0.15) is 5.60 Å². The van der Waals surface area contributed by atoms with E-state index in [-0.39, 0.29) is 0 Å². The molecule has 2 nitrogen and oxygen atoms in total. The largest absolute Gasteiger partial charge is 0.472 e. The van der Waals surface area contributed by atoms with Crippen molar-refractivity contribution in [2.24, 2.45) is 0 Å². The zero-order valence-corrected chi connectivity index (χ0v) is 11.3. The molecule has 0 fully saturated rings. The van der Waals surface area contributed by atoms with Crippen molar-refractivity contribution in [3.8, 4) is 11.1 Å². The smallest absolute Gasteiger partial charge is 0.115 e. The lowest BCUT2D eigenvalue weighted by Gasteiger charge is -2.22. The van der Waals surface area contributed by atoms with Crippen LogP contribution in [0.5, 0.6) is 0 Å². The number of aliphatic hydroxyl groups is 1. The van der Waals surface area contributed by atoms with E-state index in [1.165, 1.54) is 5.56 Å². The fourth-order valence-corrected chi connectivity index (χ4v) is 2.33. The topological polar surface area (TPSA) is 33.4 Å². The normalized spacial score (nSPS) is 13.9. The third kappa shape index (κ3) is 2.26. The third-order valence-electron chi connectivity index (χ3n) is 3.64. The minimum Gasteiger partial charge on any atom is -0.472 e. The zero-order valence-electron chi connectivity index (χ0n) is 11.3. The molecule has 0 aliphatic heterocycles. The Bertz CT molecular complexity index is 665. The highest BCUT2D eigenvalue weighted by molar-refractivity contribution is 5.63. The molecule has 3 aromatic rings. The molecule has 100 valence electrons. The third-order valence-corrected chi connectivity index (χ3v) is 3.64. The van der Waals surface area contributed by atoms with E-state index in [9.17, 15) is 5.11 Å². The molecule has 0 aliphatic carbocycles. The molecular formula is C18H16O2. The van der Waals surface area contributed by atoms with E-state index >= 15 is 0 Å². The Morgan fingerprint density at radius 3 is 2.05 bits per heavy atom. The van der Waals surface area contributed by atoms with Crippen LogP contribution < -0.4 is 0 Å². The highest BCUT2D eigenvalue weighted by Crippen LogP contribution is 2.30. The second kappa shape index (κ2) is 4.99. The van der Waals surface area contributed by atoms with Crippen molar-refractivity contribution < 1.29 is 9.52 Å². The molecule has 0 saturated carbocycles. The van der Waals surface area contributed by atoms with Gasteiger partial charge in [-0.05, 0) is 29.7 Å². The Morgan fingerprint density at radius 2 is 1.45 bits per heavy atom. The van der Waals surface area contributed by atoms with Gasteiger partial charge in [-0.15, -0.1) is 0 Å². The summed E-state index contributed by atoms with van der Waals surface area (Å²) in [7, 11) is 0. The van der Waals surface area contributed by atoms with Gasteiger partial charge < -0.3 is 9.52 Å². The van der Waals surface area contributed by atoms with E-state index in [1.807, 2.05) is 42.5 Å². The van der Waals surface area contributed by atoms with Crippen LogP contribution in [-0.2, 0) is 5.60 Å². The Kier molecular flexibility index (Phi) is 3.17. The molecule has 1 heterocycles. The summed E-state index contributed by atoms with van der Waals surface area (Å²) in [6.45, 7) is 1.77. The summed E-state index contributed by atoms with van der Waals surface area (Å²) < 4.78 is 5.06. The minimum absolute atomic E-state index is 0.755. The maximum atomic E-state index is 10.6. The van der Waals surface area contributed by atoms with E-state index in [0.29, 0.717) is 0 Å². The van der Waals surface area contributed by atoms with Gasteiger partial charge in [-0.1, -0.05) is 54.6 Å². The summed E-state index contributed by atoms with van der Waals surface area (Å²) in [4.78, 5) is 0. The average molecular weight is 264 g/mol. The first-order valence-corrected chi connectivity index (χ1v) is 6.59. The quantitative estimate of drug-likeness (QED) is 0.769. The van der Waals surface area contributed by atoms with Gasteiger partial charge in [-0.2, -0.15) is 0 Å². The van der Waals surface area contributed by atoms with Gasteiger partial charge in [0.05, 0.1) is 12.5 Å². The maximum Gasteiger partial charge on any atom is 0.115 e. The fourth-order valence-electron chi connectivity index (χ4n) is 2.33.